The second-order valence-corrected chi connectivity index (χ2v) is 8.82. The number of carbonyl (C=O) groups excluding carboxylic acids is 1. The van der Waals surface area contributed by atoms with Gasteiger partial charge in [-0.2, -0.15) is 13.2 Å². The summed E-state index contributed by atoms with van der Waals surface area (Å²) < 4.78 is 54.9. The summed E-state index contributed by atoms with van der Waals surface area (Å²) in [5.74, 6) is -0.147. The number of methoxy groups -OCH3 is 1. The molecule has 1 aromatic heterocycles. The van der Waals surface area contributed by atoms with Gasteiger partial charge in [-0.05, 0) is 43.9 Å². The minimum absolute atomic E-state index is 0.0687. The Morgan fingerprint density at radius 3 is 2.52 bits per heavy atom. The van der Waals surface area contributed by atoms with Crippen molar-refractivity contribution in [2.45, 2.75) is 50.9 Å². The highest BCUT2D eigenvalue weighted by molar-refractivity contribution is 6.32. The maximum Gasteiger partial charge on any atom is 0.413 e. The Hall–Kier alpha value is -2.52. The number of hydrogen-bond acceptors (Lipinski definition) is 5. The molecule has 10 heteroatoms. The van der Waals surface area contributed by atoms with Crippen molar-refractivity contribution >= 4 is 17.4 Å². The Morgan fingerprint density at radius 2 is 1.94 bits per heavy atom. The van der Waals surface area contributed by atoms with Crippen LogP contribution in [0.15, 0.2) is 29.2 Å². The minimum atomic E-state index is -4.49. The maximum absolute atomic E-state index is 14.3. The molecule has 2 aromatic rings. The first kappa shape index (κ1) is 23.6. The summed E-state index contributed by atoms with van der Waals surface area (Å²) in [4.78, 5) is 24.6. The van der Waals surface area contributed by atoms with Gasteiger partial charge in [-0.3, -0.25) is 19.3 Å². The molecule has 2 heterocycles. The number of ether oxygens (including phenoxy) is 2. The summed E-state index contributed by atoms with van der Waals surface area (Å²) in [5.41, 5.74) is -1.44. The van der Waals surface area contributed by atoms with Crippen molar-refractivity contribution in [3.8, 4) is 17.0 Å². The summed E-state index contributed by atoms with van der Waals surface area (Å²) in [7, 11) is 1.58. The molecule has 6 nitrogen and oxygen atoms in total. The number of aromatic nitrogens is 1. The summed E-state index contributed by atoms with van der Waals surface area (Å²) in [6.45, 7) is 1.98. The van der Waals surface area contributed by atoms with Crippen LogP contribution in [0.5, 0.6) is 5.75 Å². The van der Waals surface area contributed by atoms with Gasteiger partial charge < -0.3 is 9.47 Å². The molecule has 0 N–H and O–H groups in total. The average Bonchev–Trinajstić information content (AvgIpc) is 2.69. The Morgan fingerprint density at radius 1 is 1.21 bits per heavy atom. The van der Waals surface area contributed by atoms with Crippen molar-refractivity contribution in [1.29, 1.82) is 0 Å². The summed E-state index contributed by atoms with van der Waals surface area (Å²) in [6, 6.07) is 4.44. The third-order valence-electron chi connectivity index (χ3n) is 6.38. The Balaban J connectivity index is 1.85. The minimum Gasteiger partial charge on any atom is -0.492 e. The van der Waals surface area contributed by atoms with Crippen LogP contribution in [0, 0.1) is 0 Å². The number of benzene rings is 1. The Bertz CT molecular complexity index is 1140. The smallest absolute Gasteiger partial charge is 0.413 e. The van der Waals surface area contributed by atoms with E-state index in [1.165, 1.54) is 28.9 Å². The number of rotatable bonds is 7. The standard InChI is InChI=1S/C23H24ClF3N2O4/c1-14(30)17-13-28-19(11-20(17)31)16-10-18(24)21(33-8-4-7-32-2)9-15(16)12-29(28)22(5-3-6-22)23(25,26)27/h9-11,13H,3-8,12H2,1-2H3. The zero-order chi connectivity index (χ0) is 24.0. The van der Waals surface area contributed by atoms with Gasteiger partial charge in [0, 0.05) is 38.0 Å². The SMILES string of the molecule is COCCCOc1cc2c(cc1Cl)-c1cc(=O)c(C(C)=O)cn1N(C1(C(F)(F)F)CCC1)C2. The number of fused-ring (bicyclic) bond motifs is 3. The monoisotopic (exact) mass is 484 g/mol. The number of pyridine rings is 1. The predicted octanol–water partition coefficient (Wildman–Crippen LogP) is 4.72. The number of Topliss-reactive ketones (excluding diaryl/α,β-unsaturated/α-hetero) is 1. The van der Waals surface area contributed by atoms with Gasteiger partial charge in [-0.15, -0.1) is 0 Å². The summed E-state index contributed by atoms with van der Waals surface area (Å²) in [6.07, 6.45) is -2.35. The number of nitrogens with zero attached hydrogens (tertiary/aromatic N) is 2. The van der Waals surface area contributed by atoms with Gasteiger partial charge in [0.2, 0.25) is 0 Å². The molecule has 178 valence electrons. The van der Waals surface area contributed by atoms with Crippen molar-refractivity contribution < 1.29 is 27.4 Å². The molecule has 0 unspecified atom stereocenters. The van der Waals surface area contributed by atoms with E-state index in [0.29, 0.717) is 42.9 Å². The fourth-order valence-electron chi connectivity index (χ4n) is 4.44. The first-order chi connectivity index (χ1) is 15.6. The lowest BCUT2D eigenvalue weighted by Gasteiger charge is -2.54. The fraction of sp³-hybridized carbons (Fsp3) is 0.478. The normalized spacial score (nSPS) is 16.6. The number of carbonyl (C=O) groups is 1. The van der Waals surface area contributed by atoms with E-state index in [1.54, 1.807) is 19.2 Å². The van der Waals surface area contributed by atoms with Crippen molar-refractivity contribution in [3.05, 3.63) is 50.8 Å². The van der Waals surface area contributed by atoms with Crippen LogP contribution in [0.3, 0.4) is 0 Å². The van der Waals surface area contributed by atoms with Gasteiger partial charge in [0.15, 0.2) is 16.8 Å². The van der Waals surface area contributed by atoms with E-state index >= 15 is 0 Å². The Labute approximate surface area is 193 Å². The van der Waals surface area contributed by atoms with Crippen molar-refractivity contribution in [3.63, 3.8) is 0 Å². The molecular weight excluding hydrogens is 461 g/mol. The van der Waals surface area contributed by atoms with Gasteiger partial charge in [0.05, 0.1) is 29.4 Å². The lowest BCUT2D eigenvalue weighted by atomic mass is 9.75. The van der Waals surface area contributed by atoms with Crippen molar-refractivity contribution in [2.75, 3.05) is 25.3 Å². The van der Waals surface area contributed by atoms with Crippen LogP contribution in [0.1, 0.15) is 48.5 Å². The van der Waals surface area contributed by atoms with E-state index < -0.39 is 22.9 Å². The zero-order valence-electron chi connectivity index (χ0n) is 18.3. The van der Waals surface area contributed by atoms with Crippen LogP contribution >= 0.6 is 11.6 Å². The third-order valence-corrected chi connectivity index (χ3v) is 6.67. The average molecular weight is 485 g/mol. The molecule has 0 atom stereocenters. The van der Waals surface area contributed by atoms with E-state index in [2.05, 4.69) is 0 Å². The van der Waals surface area contributed by atoms with Crippen LogP contribution in [0.4, 0.5) is 13.2 Å². The van der Waals surface area contributed by atoms with Crippen molar-refractivity contribution in [1.82, 2.24) is 4.68 Å². The lowest BCUT2D eigenvalue weighted by molar-refractivity contribution is -0.214. The van der Waals surface area contributed by atoms with Gasteiger partial charge in [-0.25, -0.2) is 0 Å². The summed E-state index contributed by atoms with van der Waals surface area (Å²) in [5, 5.41) is 1.51. The van der Waals surface area contributed by atoms with E-state index in [0.717, 1.165) is 0 Å². The highest BCUT2D eigenvalue weighted by Crippen LogP contribution is 2.51. The topological polar surface area (TPSA) is 60.8 Å². The second kappa shape index (κ2) is 8.68. The molecule has 0 bridgehead atoms. The van der Waals surface area contributed by atoms with Crippen LogP contribution in [-0.2, 0) is 11.3 Å². The molecule has 33 heavy (non-hydrogen) atoms. The first-order valence-corrected chi connectivity index (χ1v) is 11.0. The highest BCUT2D eigenvalue weighted by Gasteiger charge is 2.63. The molecule has 1 aliphatic heterocycles. The van der Waals surface area contributed by atoms with Crippen LogP contribution in [0.2, 0.25) is 5.02 Å². The van der Waals surface area contributed by atoms with E-state index in [4.69, 9.17) is 21.1 Å². The van der Waals surface area contributed by atoms with Crippen LogP contribution < -0.4 is 15.2 Å². The number of hydrogen-bond donors (Lipinski definition) is 0. The lowest BCUT2D eigenvalue weighted by Crippen LogP contribution is -2.67. The molecular formula is C23H24ClF3N2O4. The van der Waals surface area contributed by atoms with E-state index in [-0.39, 0.29) is 35.7 Å². The molecule has 0 amide bonds. The highest BCUT2D eigenvalue weighted by atomic mass is 35.5. The predicted molar refractivity (Wildman–Crippen MR) is 118 cm³/mol. The molecule has 2 aliphatic rings. The molecule has 1 fully saturated rings. The number of alkyl halides is 3. The summed E-state index contributed by atoms with van der Waals surface area (Å²) >= 11 is 6.41. The fourth-order valence-corrected chi connectivity index (χ4v) is 4.66. The van der Waals surface area contributed by atoms with Crippen molar-refractivity contribution in [2.24, 2.45) is 0 Å². The molecule has 0 spiro atoms. The second-order valence-electron chi connectivity index (χ2n) is 8.41. The van der Waals surface area contributed by atoms with E-state index in [1.807, 2.05) is 0 Å². The van der Waals surface area contributed by atoms with Crippen LogP contribution in [0.25, 0.3) is 11.3 Å². The molecule has 4 rings (SSSR count). The quantitative estimate of drug-likeness (QED) is 0.420. The van der Waals surface area contributed by atoms with E-state index in [9.17, 15) is 22.8 Å². The molecule has 1 saturated carbocycles. The Kier molecular flexibility index (Phi) is 6.22. The molecule has 1 aromatic carbocycles. The van der Waals surface area contributed by atoms with Gasteiger partial charge in [0.1, 0.15) is 5.75 Å². The van der Waals surface area contributed by atoms with Crippen LogP contribution in [-0.4, -0.2) is 42.5 Å². The first-order valence-electron chi connectivity index (χ1n) is 10.7. The number of ketones is 1. The molecule has 0 saturated heterocycles. The molecule has 1 aliphatic carbocycles. The van der Waals surface area contributed by atoms with Gasteiger partial charge >= 0.3 is 6.18 Å². The van der Waals surface area contributed by atoms with Gasteiger partial charge in [0.25, 0.3) is 0 Å². The largest absolute Gasteiger partial charge is 0.492 e. The third kappa shape index (κ3) is 4.01. The molecule has 0 radical (unpaired) electrons. The van der Waals surface area contributed by atoms with Gasteiger partial charge in [-0.1, -0.05) is 11.6 Å². The zero-order valence-corrected chi connectivity index (χ0v) is 19.1. The maximum atomic E-state index is 14.3. The number of halogens is 4.